The van der Waals surface area contributed by atoms with Crippen molar-refractivity contribution in [2.45, 2.75) is 70.7 Å². The van der Waals surface area contributed by atoms with Crippen LogP contribution in [0.3, 0.4) is 0 Å². The second kappa shape index (κ2) is 8.45. The van der Waals surface area contributed by atoms with E-state index in [1.165, 1.54) is 6.92 Å². The van der Waals surface area contributed by atoms with E-state index < -0.39 is 17.6 Å². The molecular weight excluding hydrogens is 296 g/mol. The Hall–Kier alpha value is -1.40. The summed E-state index contributed by atoms with van der Waals surface area (Å²) < 4.78 is 5.75. The van der Waals surface area contributed by atoms with Crippen LogP contribution >= 0.6 is 0 Å². The van der Waals surface area contributed by atoms with Crippen LogP contribution in [0.15, 0.2) is 12.2 Å². The Morgan fingerprint density at radius 1 is 1.52 bits per heavy atom. The highest BCUT2D eigenvalue weighted by Gasteiger charge is 2.47. The number of hydrogen-bond donors (Lipinski definition) is 3. The first kappa shape index (κ1) is 19.6. The van der Waals surface area contributed by atoms with Crippen molar-refractivity contribution in [2.75, 3.05) is 7.11 Å². The summed E-state index contributed by atoms with van der Waals surface area (Å²) in [6.45, 7) is 7.43. The van der Waals surface area contributed by atoms with E-state index in [1.807, 2.05) is 26.0 Å². The van der Waals surface area contributed by atoms with Crippen molar-refractivity contribution in [3.05, 3.63) is 12.2 Å². The van der Waals surface area contributed by atoms with Gasteiger partial charge < -0.3 is 15.2 Å². The molecule has 0 aromatic heterocycles. The van der Waals surface area contributed by atoms with Gasteiger partial charge in [0.25, 0.3) is 0 Å². The minimum atomic E-state index is -0.863. The van der Waals surface area contributed by atoms with E-state index in [9.17, 15) is 14.7 Å². The molecule has 5 atom stereocenters. The molecule has 0 aliphatic carbocycles. The van der Waals surface area contributed by atoms with E-state index in [1.54, 1.807) is 7.11 Å². The first-order chi connectivity index (χ1) is 10.8. The number of carbonyl (C=O) groups is 2. The first-order valence-corrected chi connectivity index (χ1v) is 8.23. The van der Waals surface area contributed by atoms with Gasteiger partial charge in [0.05, 0.1) is 11.6 Å². The summed E-state index contributed by atoms with van der Waals surface area (Å²) in [4.78, 5) is 23.1. The van der Waals surface area contributed by atoms with Gasteiger partial charge in [-0.3, -0.25) is 14.9 Å². The summed E-state index contributed by atoms with van der Waals surface area (Å²) in [7, 11) is 1.64. The van der Waals surface area contributed by atoms with Gasteiger partial charge >= 0.3 is 5.97 Å². The van der Waals surface area contributed by atoms with Crippen LogP contribution in [-0.2, 0) is 14.3 Å². The molecule has 0 bridgehead atoms. The van der Waals surface area contributed by atoms with Gasteiger partial charge in [0.15, 0.2) is 0 Å². The molecule has 6 heteroatoms. The Morgan fingerprint density at radius 2 is 2.17 bits per heavy atom. The Balaban J connectivity index is 3.16. The molecule has 0 spiro atoms. The molecule has 1 saturated heterocycles. The predicted octanol–water partition coefficient (Wildman–Crippen LogP) is 1.70. The van der Waals surface area contributed by atoms with Crippen LogP contribution in [0.25, 0.3) is 0 Å². The van der Waals surface area contributed by atoms with Gasteiger partial charge in [-0.25, -0.2) is 0 Å². The van der Waals surface area contributed by atoms with E-state index in [-0.39, 0.29) is 23.9 Å². The first-order valence-electron chi connectivity index (χ1n) is 8.23. The van der Waals surface area contributed by atoms with Crippen LogP contribution in [0, 0.1) is 5.92 Å². The average molecular weight is 326 g/mol. The van der Waals surface area contributed by atoms with E-state index in [0.29, 0.717) is 6.42 Å². The lowest BCUT2D eigenvalue weighted by molar-refractivity contribution is -0.139. The van der Waals surface area contributed by atoms with E-state index in [0.717, 1.165) is 12.8 Å². The Morgan fingerprint density at radius 3 is 2.61 bits per heavy atom. The largest absolute Gasteiger partial charge is 0.480 e. The average Bonchev–Trinajstić information content (AvgIpc) is 2.89. The third-order valence-electron chi connectivity index (χ3n) is 4.69. The second-order valence-electron chi connectivity index (χ2n) is 6.45. The van der Waals surface area contributed by atoms with Gasteiger partial charge in [-0.2, -0.15) is 0 Å². The van der Waals surface area contributed by atoms with Crippen molar-refractivity contribution in [3.63, 3.8) is 0 Å². The van der Waals surface area contributed by atoms with Gasteiger partial charge in [-0.1, -0.05) is 25.5 Å². The topological polar surface area (TPSA) is 87.7 Å². The molecule has 1 heterocycles. The van der Waals surface area contributed by atoms with Crippen LogP contribution in [0.5, 0.6) is 0 Å². The van der Waals surface area contributed by atoms with Crippen LogP contribution in [-0.4, -0.2) is 47.8 Å². The molecule has 1 rings (SSSR count). The Labute approximate surface area is 138 Å². The van der Waals surface area contributed by atoms with Crippen LogP contribution in [0.2, 0.25) is 0 Å². The van der Waals surface area contributed by atoms with Crippen molar-refractivity contribution in [3.8, 4) is 0 Å². The third kappa shape index (κ3) is 4.78. The molecule has 132 valence electrons. The predicted molar refractivity (Wildman–Crippen MR) is 89.2 cm³/mol. The summed E-state index contributed by atoms with van der Waals surface area (Å²) in [6, 6.07) is -1.11. The van der Waals surface area contributed by atoms with Crippen molar-refractivity contribution < 1.29 is 19.4 Å². The fourth-order valence-electron chi connectivity index (χ4n) is 3.53. The summed E-state index contributed by atoms with van der Waals surface area (Å²) in [6.07, 6.45) is 6.12. The number of methoxy groups -OCH3 is 1. The van der Waals surface area contributed by atoms with Crippen molar-refractivity contribution >= 4 is 11.9 Å². The number of ether oxygens (including phenoxy) is 1. The lowest BCUT2D eigenvalue weighted by Crippen LogP contribution is -2.62. The molecular formula is C17H30N2O4. The van der Waals surface area contributed by atoms with Crippen LogP contribution < -0.4 is 10.6 Å². The lowest BCUT2D eigenvalue weighted by atomic mass is 9.81. The maximum Gasteiger partial charge on any atom is 0.320 e. The molecule has 0 aromatic rings. The molecule has 3 N–H and O–H groups in total. The highest BCUT2D eigenvalue weighted by molar-refractivity contribution is 5.75. The minimum Gasteiger partial charge on any atom is -0.480 e. The zero-order valence-electron chi connectivity index (χ0n) is 14.8. The van der Waals surface area contributed by atoms with Crippen LogP contribution in [0.4, 0.5) is 0 Å². The molecule has 3 unspecified atom stereocenters. The van der Waals surface area contributed by atoms with Gasteiger partial charge in [0.1, 0.15) is 6.04 Å². The quantitative estimate of drug-likeness (QED) is 0.591. The van der Waals surface area contributed by atoms with E-state index >= 15 is 0 Å². The van der Waals surface area contributed by atoms with Gasteiger partial charge in [-0.05, 0) is 32.6 Å². The number of allylic oxidation sites excluding steroid dienone is 1. The smallest absolute Gasteiger partial charge is 0.320 e. The Bertz CT molecular complexity index is 452. The van der Waals surface area contributed by atoms with E-state index in [2.05, 4.69) is 17.6 Å². The maximum atomic E-state index is 11.7. The van der Waals surface area contributed by atoms with E-state index in [4.69, 9.17) is 4.74 Å². The molecule has 1 aliphatic rings. The number of amides is 1. The van der Waals surface area contributed by atoms with Crippen molar-refractivity contribution in [2.24, 2.45) is 5.92 Å². The third-order valence-corrected chi connectivity index (χ3v) is 4.69. The van der Waals surface area contributed by atoms with Gasteiger partial charge in [0, 0.05) is 20.1 Å². The van der Waals surface area contributed by atoms with Gasteiger partial charge in [-0.15, -0.1) is 0 Å². The number of hydrogen-bond acceptors (Lipinski definition) is 4. The second-order valence-corrected chi connectivity index (χ2v) is 6.45. The van der Waals surface area contributed by atoms with Crippen molar-refractivity contribution in [1.29, 1.82) is 0 Å². The number of carboxylic acid groups (broad SMARTS) is 1. The minimum absolute atomic E-state index is 0.0317. The zero-order chi connectivity index (χ0) is 17.6. The molecule has 0 aromatic carbocycles. The summed E-state index contributed by atoms with van der Waals surface area (Å²) >= 11 is 0. The molecule has 6 nitrogen and oxygen atoms in total. The highest BCUT2D eigenvalue weighted by Crippen LogP contribution is 2.32. The van der Waals surface area contributed by atoms with Gasteiger partial charge in [0.2, 0.25) is 5.91 Å². The lowest BCUT2D eigenvalue weighted by Gasteiger charge is -2.41. The summed E-state index contributed by atoms with van der Waals surface area (Å²) in [5, 5.41) is 15.5. The standard InChI is InChI=1S/C17H30N2O4/c1-6-8-12-10-13(16(21)22)19-14(12)15(18-11(3)20)17(4,23-5)9-7-2/h6,8,12-15,19H,7,9-10H2,1-5H3,(H,18,20)(H,21,22)/b8-6+/t12-,13-,14?,15?,17?/m1/s1. The molecule has 0 radical (unpaired) electrons. The summed E-state index contributed by atoms with van der Waals surface area (Å²) in [5.41, 5.74) is -0.564. The number of carboxylic acids is 1. The fourth-order valence-corrected chi connectivity index (χ4v) is 3.53. The zero-order valence-corrected chi connectivity index (χ0v) is 14.8. The molecule has 23 heavy (non-hydrogen) atoms. The SMILES string of the molecule is C/C=C/[C@@H]1C[C@H](C(=O)O)NC1C(NC(C)=O)C(C)(CCC)OC. The van der Waals surface area contributed by atoms with Crippen molar-refractivity contribution in [1.82, 2.24) is 10.6 Å². The summed E-state index contributed by atoms with van der Waals surface area (Å²) in [5.74, 6) is -0.975. The van der Waals surface area contributed by atoms with Crippen LogP contribution in [0.1, 0.15) is 47.0 Å². The molecule has 0 saturated carbocycles. The maximum absolute atomic E-state index is 11.7. The molecule has 1 fully saturated rings. The number of nitrogens with one attached hydrogen (secondary N) is 2. The number of rotatable bonds is 8. The molecule has 1 aliphatic heterocycles. The normalized spacial score (nSPS) is 28.5. The molecule has 1 amide bonds. The monoisotopic (exact) mass is 326 g/mol. The fraction of sp³-hybridized carbons (Fsp3) is 0.765. The Kier molecular flexibility index (Phi) is 7.22. The number of carbonyl (C=O) groups excluding carboxylic acids is 1. The number of aliphatic carboxylic acids is 1. The highest BCUT2D eigenvalue weighted by atomic mass is 16.5.